The van der Waals surface area contributed by atoms with Crippen molar-refractivity contribution >= 4 is 33.4 Å². The zero-order valence-electron chi connectivity index (χ0n) is 44.9. The molecule has 0 spiro atoms. The summed E-state index contributed by atoms with van der Waals surface area (Å²) in [6.07, 6.45) is 0. The van der Waals surface area contributed by atoms with Gasteiger partial charge < -0.3 is 4.90 Å². The third-order valence-corrected chi connectivity index (χ3v) is 17.5. The molecule has 0 aliphatic heterocycles. The largest absolute Gasteiger partial charge is 0.309 e. The van der Waals surface area contributed by atoms with Crippen molar-refractivity contribution in [2.24, 2.45) is 0 Å². The summed E-state index contributed by atoms with van der Waals surface area (Å²) < 4.78 is 2.21. The maximum atomic E-state index is 5.67. The topological polar surface area (TPSA) is 20.5 Å². The Balaban J connectivity index is 1.06. The van der Waals surface area contributed by atoms with Crippen LogP contribution in [0.1, 0.15) is 44.5 Å². The molecular formula is C79H53N3. The smallest absolute Gasteiger partial charge is 0.101 e. The summed E-state index contributed by atoms with van der Waals surface area (Å²) in [5, 5.41) is 7.89. The quantitative estimate of drug-likeness (QED) is 0.136. The van der Waals surface area contributed by atoms with E-state index >= 15 is 0 Å². The number of aromatic nitrogens is 2. The summed E-state index contributed by atoms with van der Waals surface area (Å²) in [6.45, 7) is 0. The Labute approximate surface area is 478 Å². The first-order valence-electron chi connectivity index (χ1n) is 28.4. The lowest BCUT2D eigenvalue weighted by molar-refractivity contribution is 0.768. The van der Waals surface area contributed by atoms with E-state index in [-0.39, 0.29) is 0 Å². The predicted molar refractivity (Wildman–Crippen MR) is 338 cm³/mol. The molecular weight excluding hydrogens is 991 g/mol. The summed E-state index contributed by atoms with van der Waals surface area (Å²) >= 11 is 0. The van der Waals surface area contributed by atoms with E-state index in [4.69, 9.17) is 5.10 Å². The van der Waals surface area contributed by atoms with E-state index in [0.29, 0.717) is 0 Å². The van der Waals surface area contributed by atoms with Gasteiger partial charge in [0, 0.05) is 38.9 Å². The Morgan fingerprint density at radius 1 is 0.305 bits per heavy atom. The van der Waals surface area contributed by atoms with Crippen LogP contribution in [0.3, 0.4) is 0 Å². The lowest BCUT2D eigenvalue weighted by Gasteiger charge is -2.35. The number of pyridine rings is 1. The van der Waals surface area contributed by atoms with Gasteiger partial charge in [0.25, 0.3) is 0 Å². The Kier molecular flexibility index (Phi) is 11.0. The molecule has 2 heterocycles. The van der Waals surface area contributed by atoms with E-state index in [2.05, 4.69) is 331 Å². The zero-order chi connectivity index (χ0) is 54.2. The van der Waals surface area contributed by atoms with Crippen LogP contribution >= 0.6 is 0 Å². The highest BCUT2D eigenvalue weighted by atomic mass is 15.2. The van der Waals surface area contributed by atoms with Crippen molar-refractivity contribution in [2.45, 2.75) is 10.8 Å². The van der Waals surface area contributed by atoms with Crippen LogP contribution in [0.2, 0.25) is 0 Å². The fourth-order valence-corrected chi connectivity index (χ4v) is 14.3. The van der Waals surface area contributed by atoms with Crippen LogP contribution < -0.4 is 4.90 Å². The minimum atomic E-state index is -0.615. The van der Waals surface area contributed by atoms with Crippen LogP contribution in [0.15, 0.2) is 322 Å². The van der Waals surface area contributed by atoms with Gasteiger partial charge in [-0.15, -0.1) is 0 Å². The van der Waals surface area contributed by atoms with Crippen LogP contribution in [0.5, 0.6) is 0 Å². The Morgan fingerprint density at radius 3 is 1.16 bits per heavy atom. The van der Waals surface area contributed by atoms with Crippen LogP contribution in [0.25, 0.3) is 72.2 Å². The molecule has 14 aromatic rings. The SMILES string of the molecule is c1ccc(-c2nn3c(-c4ccccc4)cc4ccc(N(c5cccc6c5-c5ccccc5C6(c5ccccc5)c5ccccc5)c5cccc6c5-c5ccccc5C6(c5ccccc5)c5ccccc5)cc4c3c2-c2ccccc2)cc1. The molecule has 12 aromatic carbocycles. The fraction of sp³-hybridized carbons (Fsp3) is 0.0253. The van der Waals surface area contributed by atoms with E-state index in [0.717, 1.165) is 67.0 Å². The van der Waals surface area contributed by atoms with Crippen molar-refractivity contribution in [2.75, 3.05) is 4.90 Å². The molecule has 82 heavy (non-hydrogen) atoms. The van der Waals surface area contributed by atoms with Gasteiger partial charge in [-0.05, 0) is 96.9 Å². The number of rotatable bonds is 10. The number of anilines is 3. The predicted octanol–water partition coefficient (Wildman–Crippen LogP) is 19.7. The highest BCUT2D eigenvalue weighted by Gasteiger charge is 2.50. The van der Waals surface area contributed by atoms with Gasteiger partial charge in [0.1, 0.15) is 5.69 Å². The number of nitrogens with zero attached hydrogens (tertiary/aromatic N) is 3. The van der Waals surface area contributed by atoms with Gasteiger partial charge in [-0.2, -0.15) is 5.10 Å². The van der Waals surface area contributed by atoms with Crippen molar-refractivity contribution in [3.63, 3.8) is 0 Å². The number of fused-ring (bicyclic) bond motifs is 9. The molecule has 0 atom stereocenters. The maximum absolute atomic E-state index is 5.67. The Bertz CT molecular complexity index is 4450. The Hall–Kier alpha value is -10.6. The first kappa shape index (κ1) is 47.4. The van der Waals surface area contributed by atoms with Crippen LogP contribution in [0, 0.1) is 0 Å². The monoisotopic (exact) mass is 1040 g/mol. The molecule has 2 aromatic heterocycles. The second-order valence-electron chi connectivity index (χ2n) is 21.7. The summed E-state index contributed by atoms with van der Waals surface area (Å²) in [5.74, 6) is 0. The van der Waals surface area contributed by atoms with Crippen molar-refractivity contribution in [1.82, 2.24) is 9.61 Å². The molecule has 0 amide bonds. The minimum absolute atomic E-state index is 0.615. The van der Waals surface area contributed by atoms with E-state index in [1.54, 1.807) is 0 Å². The molecule has 0 bridgehead atoms. The average Bonchev–Trinajstić information content (AvgIpc) is 2.90. The van der Waals surface area contributed by atoms with Gasteiger partial charge in [-0.25, -0.2) is 4.52 Å². The lowest BCUT2D eigenvalue weighted by atomic mass is 9.67. The first-order chi connectivity index (χ1) is 40.7. The first-order valence-corrected chi connectivity index (χ1v) is 28.4. The van der Waals surface area contributed by atoms with Crippen LogP contribution in [-0.2, 0) is 10.8 Å². The maximum Gasteiger partial charge on any atom is 0.101 e. The highest BCUT2D eigenvalue weighted by Crippen LogP contribution is 2.63. The zero-order valence-corrected chi connectivity index (χ0v) is 44.9. The second-order valence-corrected chi connectivity index (χ2v) is 21.7. The third-order valence-electron chi connectivity index (χ3n) is 17.5. The minimum Gasteiger partial charge on any atom is -0.309 e. The van der Waals surface area contributed by atoms with Crippen molar-refractivity contribution in [3.8, 4) is 55.9 Å². The molecule has 0 saturated carbocycles. The molecule has 2 aliphatic rings. The number of hydrogen-bond donors (Lipinski definition) is 0. The summed E-state index contributed by atoms with van der Waals surface area (Å²) in [6, 6.07) is 119. The number of hydrogen-bond acceptors (Lipinski definition) is 2. The second kappa shape index (κ2) is 19.0. The fourth-order valence-electron chi connectivity index (χ4n) is 14.3. The molecule has 0 fully saturated rings. The number of benzene rings is 12. The van der Waals surface area contributed by atoms with Crippen molar-refractivity contribution < 1.29 is 0 Å². The Morgan fingerprint density at radius 2 is 0.695 bits per heavy atom. The lowest BCUT2D eigenvalue weighted by Crippen LogP contribution is -2.28. The molecule has 0 saturated heterocycles. The van der Waals surface area contributed by atoms with Gasteiger partial charge in [-0.1, -0.05) is 291 Å². The van der Waals surface area contributed by atoms with E-state index in [1.165, 1.54) is 66.8 Å². The molecule has 0 unspecified atom stereocenters. The van der Waals surface area contributed by atoms with Gasteiger partial charge in [0.15, 0.2) is 0 Å². The van der Waals surface area contributed by atoms with E-state index in [9.17, 15) is 0 Å². The van der Waals surface area contributed by atoms with Gasteiger partial charge in [-0.3, -0.25) is 0 Å². The van der Waals surface area contributed by atoms with E-state index < -0.39 is 10.8 Å². The molecule has 0 radical (unpaired) electrons. The highest BCUT2D eigenvalue weighted by molar-refractivity contribution is 6.11. The normalized spacial score (nSPS) is 13.3. The molecule has 384 valence electrons. The summed E-state index contributed by atoms with van der Waals surface area (Å²) in [7, 11) is 0. The van der Waals surface area contributed by atoms with Crippen molar-refractivity contribution in [3.05, 3.63) is 366 Å². The van der Waals surface area contributed by atoms with Gasteiger partial charge in [0.2, 0.25) is 0 Å². The summed E-state index contributed by atoms with van der Waals surface area (Å²) in [4.78, 5) is 2.60. The molecule has 0 N–H and O–H groups in total. The van der Waals surface area contributed by atoms with E-state index in [1.807, 2.05) is 0 Å². The molecule has 2 aliphatic carbocycles. The molecule has 16 rings (SSSR count). The average molecular weight is 1040 g/mol. The molecule has 3 heteroatoms. The third kappa shape index (κ3) is 6.93. The van der Waals surface area contributed by atoms with Crippen LogP contribution in [-0.4, -0.2) is 9.61 Å². The molecule has 3 nitrogen and oxygen atoms in total. The summed E-state index contributed by atoms with van der Waals surface area (Å²) in [5.41, 5.74) is 24.1. The standard InChI is InChI=1S/C79H53N3/c1-8-28-54(29-9-1)72-52-57-50-51-62(53-65(57)77-73(55-30-10-2-11-31-55)76(80-82(72)77)56-32-12-3-13-33-56)81(70-48-26-46-68-74(70)63-42-22-24-44-66(63)78(68,58-34-14-4-15-35-58)59-36-16-5-17-37-59)71-49-27-47-69-75(71)64-43-23-25-45-67(64)79(69,60-38-18-6-19-39-60)61-40-20-7-21-41-61/h1-53H. The van der Waals surface area contributed by atoms with Crippen molar-refractivity contribution in [1.29, 1.82) is 0 Å². The van der Waals surface area contributed by atoms with Crippen LogP contribution in [0.4, 0.5) is 17.1 Å². The van der Waals surface area contributed by atoms with Gasteiger partial charge >= 0.3 is 0 Å². The van der Waals surface area contributed by atoms with Gasteiger partial charge in [0.05, 0.1) is 33.4 Å².